The Balaban J connectivity index is 2.60. The summed E-state index contributed by atoms with van der Waals surface area (Å²) < 4.78 is 1.81. The van der Waals surface area contributed by atoms with E-state index in [0.29, 0.717) is 17.1 Å². The summed E-state index contributed by atoms with van der Waals surface area (Å²) in [6.45, 7) is 4.08. The standard InChI is InChI=1S/C12H15N3O2/c1-7(2)9-6-15-5-3-4-8(11(15)14-9)10(13)12(16)17/h3-7,10H,13H2,1-2H3,(H,16,17). The van der Waals surface area contributed by atoms with E-state index in [1.165, 1.54) is 0 Å². The summed E-state index contributed by atoms with van der Waals surface area (Å²) in [4.78, 5) is 15.4. The molecule has 0 saturated carbocycles. The van der Waals surface area contributed by atoms with E-state index in [1.807, 2.05) is 30.6 Å². The molecule has 17 heavy (non-hydrogen) atoms. The highest BCUT2D eigenvalue weighted by Gasteiger charge is 2.19. The van der Waals surface area contributed by atoms with E-state index in [9.17, 15) is 4.79 Å². The SMILES string of the molecule is CC(C)c1cn2cccc(C(N)C(=O)O)c2n1. The van der Waals surface area contributed by atoms with Crippen LogP contribution in [-0.4, -0.2) is 20.5 Å². The maximum absolute atomic E-state index is 10.9. The lowest BCUT2D eigenvalue weighted by Gasteiger charge is -2.07. The van der Waals surface area contributed by atoms with Crippen molar-refractivity contribution >= 4 is 11.6 Å². The summed E-state index contributed by atoms with van der Waals surface area (Å²) in [5.41, 5.74) is 7.71. The Bertz CT molecular complexity index is 560. The maximum atomic E-state index is 10.9. The highest BCUT2D eigenvalue weighted by Crippen LogP contribution is 2.20. The Kier molecular flexibility index (Phi) is 2.85. The van der Waals surface area contributed by atoms with E-state index in [-0.39, 0.29) is 0 Å². The second-order valence-electron chi connectivity index (χ2n) is 4.33. The van der Waals surface area contributed by atoms with Gasteiger partial charge in [0.1, 0.15) is 11.7 Å². The number of carboxylic acid groups (broad SMARTS) is 1. The molecule has 0 aliphatic rings. The highest BCUT2D eigenvalue weighted by molar-refractivity contribution is 5.78. The fraction of sp³-hybridized carbons (Fsp3) is 0.333. The fourth-order valence-corrected chi connectivity index (χ4v) is 1.71. The summed E-state index contributed by atoms with van der Waals surface area (Å²) in [6, 6.07) is 2.43. The monoisotopic (exact) mass is 233 g/mol. The number of hydrogen-bond donors (Lipinski definition) is 2. The first-order chi connectivity index (χ1) is 8.00. The van der Waals surface area contributed by atoms with Crippen LogP contribution in [0, 0.1) is 0 Å². The summed E-state index contributed by atoms with van der Waals surface area (Å²) in [6.07, 6.45) is 3.74. The van der Waals surface area contributed by atoms with Gasteiger partial charge in [-0.25, -0.2) is 4.98 Å². The number of rotatable bonds is 3. The van der Waals surface area contributed by atoms with Crippen LogP contribution in [0.5, 0.6) is 0 Å². The number of imidazole rings is 1. The van der Waals surface area contributed by atoms with E-state index >= 15 is 0 Å². The van der Waals surface area contributed by atoms with Crippen LogP contribution < -0.4 is 5.73 Å². The third-order valence-electron chi connectivity index (χ3n) is 2.72. The van der Waals surface area contributed by atoms with Crippen molar-refractivity contribution < 1.29 is 9.90 Å². The second kappa shape index (κ2) is 4.18. The third-order valence-corrected chi connectivity index (χ3v) is 2.72. The Labute approximate surface area is 98.9 Å². The highest BCUT2D eigenvalue weighted by atomic mass is 16.4. The third kappa shape index (κ3) is 2.01. The van der Waals surface area contributed by atoms with Crippen LogP contribution in [0.4, 0.5) is 0 Å². The molecule has 2 rings (SSSR count). The molecule has 0 aromatic carbocycles. The minimum Gasteiger partial charge on any atom is -0.480 e. The van der Waals surface area contributed by atoms with Gasteiger partial charge in [-0.3, -0.25) is 4.79 Å². The summed E-state index contributed by atoms with van der Waals surface area (Å²) in [7, 11) is 0. The molecule has 0 bridgehead atoms. The van der Waals surface area contributed by atoms with Crippen molar-refractivity contribution in [2.75, 3.05) is 0 Å². The van der Waals surface area contributed by atoms with Gasteiger partial charge in [0.15, 0.2) is 0 Å². The minimum absolute atomic E-state index is 0.295. The molecule has 0 radical (unpaired) electrons. The van der Waals surface area contributed by atoms with Gasteiger partial charge in [0, 0.05) is 18.0 Å². The molecule has 90 valence electrons. The summed E-state index contributed by atoms with van der Waals surface area (Å²) >= 11 is 0. The molecule has 0 saturated heterocycles. The molecule has 1 atom stereocenters. The number of aromatic nitrogens is 2. The Morgan fingerprint density at radius 2 is 2.24 bits per heavy atom. The molecular formula is C12H15N3O2. The lowest BCUT2D eigenvalue weighted by molar-refractivity contribution is -0.138. The van der Waals surface area contributed by atoms with Gasteiger partial charge < -0.3 is 15.2 Å². The molecule has 5 heteroatoms. The first-order valence-electron chi connectivity index (χ1n) is 5.46. The van der Waals surface area contributed by atoms with Crippen molar-refractivity contribution in [1.82, 2.24) is 9.38 Å². The van der Waals surface area contributed by atoms with E-state index in [2.05, 4.69) is 4.98 Å². The Morgan fingerprint density at radius 1 is 1.53 bits per heavy atom. The number of nitrogens with two attached hydrogens (primary N) is 1. The van der Waals surface area contributed by atoms with Gasteiger partial charge in [-0.15, -0.1) is 0 Å². The molecule has 2 aromatic heterocycles. The average Bonchev–Trinajstić information content (AvgIpc) is 2.71. The van der Waals surface area contributed by atoms with E-state index < -0.39 is 12.0 Å². The van der Waals surface area contributed by atoms with Gasteiger partial charge in [0.2, 0.25) is 0 Å². The molecule has 0 amide bonds. The number of hydrogen-bond acceptors (Lipinski definition) is 3. The van der Waals surface area contributed by atoms with Gasteiger partial charge in [-0.05, 0) is 12.0 Å². The summed E-state index contributed by atoms with van der Waals surface area (Å²) in [5, 5.41) is 8.95. The number of pyridine rings is 1. The van der Waals surface area contributed by atoms with Crippen LogP contribution in [0.1, 0.15) is 37.1 Å². The van der Waals surface area contributed by atoms with Gasteiger partial charge in [-0.2, -0.15) is 0 Å². The van der Waals surface area contributed by atoms with Crippen LogP contribution in [0.3, 0.4) is 0 Å². The Hall–Kier alpha value is -1.88. The van der Waals surface area contributed by atoms with Crippen LogP contribution >= 0.6 is 0 Å². The largest absolute Gasteiger partial charge is 0.480 e. The van der Waals surface area contributed by atoms with Crippen molar-refractivity contribution in [3.05, 3.63) is 35.8 Å². The predicted molar refractivity (Wildman–Crippen MR) is 63.8 cm³/mol. The van der Waals surface area contributed by atoms with Crippen molar-refractivity contribution in [1.29, 1.82) is 0 Å². The topological polar surface area (TPSA) is 80.6 Å². The number of aliphatic carboxylic acids is 1. The molecule has 0 fully saturated rings. The molecule has 0 aliphatic heterocycles. The molecule has 5 nitrogen and oxygen atoms in total. The normalized spacial score (nSPS) is 13.2. The van der Waals surface area contributed by atoms with Crippen LogP contribution in [0.2, 0.25) is 0 Å². The molecule has 3 N–H and O–H groups in total. The lowest BCUT2D eigenvalue weighted by Crippen LogP contribution is -2.21. The smallest absolute Gasteiger partial charge is 0.325 e. The number of fused-ring (bicyclic) bond motifs is 1. The zero-order valence-electron chi connectivity index (χ0n) is 9.79. The lowest BCUT2D eigenvalue weighted by atomic mass is 10.1. The van der Waals surface area contributed by atoms with Gasteiger partial charge in [-0.1, -0.05) is 19.9 Å². The number of nitrogens with zero attached hydrogens (tertiary/aromatic N) is 2. The molecule has 1 unspecified atom stereocenters. The Morgan fingerprint density at radius 3 is 2.82 bits per heavy atom. The van der Waals surface area contributed by atoms with Crippen LogP contribution in [-0.2, 0) is 4.79 Å². The minimum atomic E-state index is -1.05. The molecular weight excluding hydrogens is 218 g/mol. The zero-order chi connectivity index (χ0) is 12.6. The first-order valence-corrected chi connectivity index (χ1v) is 5.46. The van der Waals surface area contributed by atoms with Gasteiger partial charge in [0.25, 0.3) is 0 Å². The summed E-state index contributed by atoms with van der Waals surface area (Å²) in [5.74, 6) is -0.754. The van der Waals surface area contributed by atoms with Crippen molar-refractivity contribution in [3.8, 4) is 0 Å². The van der Waals surface area contributed by atoms with Gasteiger partial charge >= 0.3 is 5.97 Å². The van der Waals surface area contributed by atoms with Crippen molar-refractivity contribution in [2.24, 2.45) is 5.73 Å². The second-order valence-corrected chi connectivity index (χ2v) is 4.33. The fourth-order valence-electron chi connectivity index (χ4n) is 1.71. The van der Waals surface area contributed by atoms with Crippen LogP contribution in [0.25, 0.3) is 5.65 Å². The van der Waals surface area contributed by atoms with Crippen molar-refractivity contribution in [2.45, 2.75) is 25.8 Å². The van der Waals surface area contributed by atoms with E-state index in [4.69, 9.17) is 10.8 Å². The van der Waals surface area contributed by atoms with Crippen molar-refractivity contribution in [3.63, 3.8) is 0 Å². The van der Waals surface area contributed by atoms with E-state index in [1.54, 1.807) is 12.1 Å². The number of carbonyl (C=O) groups is 1. The van der Waals surface area contributed by atoms with Gasteiger partial charge in [0.05, 0.1) is 5.69 Å². The molecule has 0 spiro atoms. The maximum Gasteiger partial charge on any atom is 0.325 e. The average molecular weight is 233 g/mol. The molecule has 2 aromatic rings. The zero-order valence-corrected chi connectivity index (χ0v) is 9.79. The predicted octanol–water partition coefficient (Wildman–Crippen LogP) is 1.54. The quantitative estimate of drug-likeness (QED) is 0.842. The molecule has 2 heterocycles. The van der Waals surface area contributed by atoms with E-state index in [0.717, 1.165) is 5.69 Å². The first kappa shape index (κ1) is 11.6. The number of carboxylic acids is 1. The molecule has 0 aliphatic carbocycles. The van der Waals surface area contributed by atoms with Crippen LogP contribution in [0.15, 0.2) is 24.5 Å².